The summed E-state index contributed by atoms with van der Waals surface area (Å²) in [5.41, 5.74) is 0. The Balaban J connectivity index is 2.80. The number of nitrogens with one attached hydrogen (secondary N) is 3. The Morgan fingerprint density at radius 3 is 2.28 bits per heavy atom. The van der Waals surface area contributed by atoms with E-state index in [-0.39, 0.29) is 18.4 Å². The molecule has 0 heterocycles. The smallest absolute Gasteiger partial charge is 0.325 e. The van der Waals surface area contributed by atoms with Crippen molar-refractivity contribution in [3.05, 3.63) is 12.7 Å². The first-order valence-electron chi connectivity index (χ1n) is 13.6. The van der Waals surface area contributed by atoms with Gasteiger partial charge in [-0.25, -0.2) is 0 Å². The van der Waals surface area contributed by atoms with E-state index < -0.39 is 42.5 Å². The van der Waals surface area contributed by atoms with Gasteiger partial charge in [0.25, 0.3) is 5.91 Å². The van der Waals surface area contributed by atoms with Gasteiger partial charge in [-0.3, -0.25) is 19.2 Å². The number of aliphatic hydroxyl groups excluding tert-OH is 1. The van der Waals surface area contributed by atoms with Gasteiger partial charge in [-0.15, -0.1) is 0 Å². The van der Waals surface area contributed by atoms with E-state index in [0.717, 1.165) is 44.9 Å². The van der Waals surface area contributed by atoms with Gasteiger partial charge < -0.3 is 25.8 Å². The van der Waals surface area contributed by atoms with Crippen molar-refractivity contribution in [1.29, 1.82) is 0 Å². The Morgan fingerprint density at radius 2 is 1.67 bits per heavy atom. The van der Waals surface area contributed by atoms with Crippen molar-refractivity contribution in [2.45, 2.75) is 110 Å². The van der Waals surface area contributed by atoms with Crippen LogP contribution < -0.4 is 16.0 Å². The molecule has 9 heteroatoms. The molecule has 1 fully saturated rings. The molecule has 0 aromatic heterocycles. The Labute approximate surface area is 216 Å². The highest BCUT2D eigenvalue weighted by Gasteiger charge is 2.32. The summed E-state index contributed by atoms with van der Waals surface area (Å²) in [6, 6.07) is -1.59. The number of aliphatic hydroxyl groups is 1. The zero-order chi connectivity index (χ0) is 26.9. The minimum absolute atomic E-state index is 0.0241. The van der Waals surface area contributed by atoms with E-state index in [4.69, 9.17) is 4.74 Å². The number of rotatable bonds is 17. The largest absolute Gasteiger partial charge is 0.460 e. The highest BCUT2D eigenvalue weighted by atomic mass is 16.5. The maximum Gasteiger partial charge on any atom is 0.325 e. The summed E-state index contributed by atoms with van der Waals surface area (Å²) in [7, 11) is 0. The molecule has 0 bridgehead atoms. The second-order valence-corrected chi connectivity index (χ2v) is 9.78. The normalized spacial score (nSPS) is 17.2. The number of hydrogen-bond acceptors (Lipinski definition) is 6. The zero-order valence-electron chi connectivity index (χ0n) is 22.4. The first-order chi connectivity index (χ1) is 17.2. The SMILES string of the molecule is C=CCOC(=O)CNC(=O)C(O)C(CCC)NC(=O)C(CCCCC)NC(=O)C(C)C1CCCCC1. The van der Waals surface area contributed by atoms with Gasteiger partial charge in [0.15, 0.2) is 6.10 Å². The van der Waals surface area contributed by atoms with Crippen LogP contribution in [0.1, 0.15) is 91.4 Å². The molecule has 1 saturated carbocycles. The van der Waals surface area contributed by atoms with E-state index in [1.807, 2.05) is 13.8 Å². The molecular weight excluding hydrogens is 462 g/mol. The molecule has 1 rings (SSSR count). The Morgan fingerprint density at radius 1 is 0.972 bits per heavy atom. The summed E-state index contributed by atoms with van der Waals surface area (Å²) in [4.78, 5) is 50.3. The third kappa shape index (κ3) is 11.5. The number of esters is 1. The summed E-state index contributed by atoms with van der Waals surface area (Å²) in [5, 5.41) is 18.7. The van der Waals surface area contributed by atoms with Gasteiger partial charge in [0.05, 0.1) is 6.04 Å². The lowest BCUT2D eigenvalue weighted by atomic mass is 9.80. The number of unbranched alkanes of at least 4 members (excludes halogenated alkanes) is 2. The third-order valence-corrected chi connectivity index (χ3v) is 6.85. The second kappa shape index (κ2) is 17.9. The predicted molar refractivity (Wildman–Crippen MR) is 139 cm³/mol. The van der Waals surface area contributed by atoms with Crippen LogP contribution in [0.2, 0.25) is 0 Å². The van der Waals surface area contributed by atoms with Crippen LogP contribution in [0.25, 0.3) is 0 Å². The fourth-order valence-electron chi connectivity index (χ4n) is 4.57. The summed E-state index contributed by atoms with van der Waals surface area (Å²) in [6.07, 6.45) is 9.54. The van der Waals surface area contributed by atoms with Crippen molar-refractivity contribution in [2.24, 2.45) is 11.8 Å². The van der Waals surface area contributed by atoms with Crippen LogP contribution in [0.4, 0.5) is 0 Å². The van der Waals surface area contributed by atoms with E-state index in [0.29, 0.717) is 25.2 Å². The molecule has 0 radical (unpaired) electrons. The predicted octanol–water partition coefficient (Wildman–Crippen LogP) is 2.76. The zero-order valence-corrected chi connectivity index (χ0v) is 22.4. The maximum atomic E-state index is 13.2. The lowest BCUT2D eigenvalue weighted by Gasteiger charge is -2.29. The third-order valence-electron chi connectivity index (χ3n) is 6.85. The molecule has 0 aromatic carbocycles. The minimum atomic E-state index is -1.55. The van der Waals surface area contributed by atoms with Crippen LogP contribution in [0, 0.1) is 11.8 Å². The molecule has 1 aliphatic rings. The quantitative estimate of drug-likeness (QED) is 0.135. The van der Waals surface area contributed by atoms with E-state index in [9.17, 15) is 24.3 Å². The fourth-order valence-corrected chi connectivity index (χ4v) is 4.57. The summed E-state index contributed by atoms with van der Waals surface area (Å²) in [5.74, 6) is -1.81. The summed E-state index contributed by atoms with van der Waals surface area (Å²) >= 11 is 0. The number of carbonyl (C=O) groups excluding carboxylic acids is 4. The molecular formula is C27H47N3O6. The maximum absolute atomic E-state index is 13.2. The van der Waals surface area contributed by atoms with Gasteiger partial charge in [0.2, 0.25) is 11.8 Å². The Hall–Kier alpha value is -2.42. The Bertz CT molecular complexity index is 708. The average molecular weight is 510 g/mol. The monoisotopic (exact) mass is 509 g/mol. The van der Waals surface area contributed by atoms with Crippen LogP contribution in [-0.2, 0) is 23.9 Å². The van der Waals surface area contributed by atoms with Crippen molar-refractivity contribution in [3.8, 4) is 0 Å². The van der Waals surface area contributed by atoms with Gasteiger partial charge in [-0.2, -0.15) is 0 Å². The lowest BCUT2D eigenvalue weighted by molar-refractivity contribution is -0.144. The molecule has 4 unspecified atom stereocenters. The first kappa shape index (κ1) is 31.6. The lowest BCUT2D eigenvalue weighted by Crippen LogP contribution is -2.56. The van der Waals surface area contributed by atoms with Crippen LogP contribution in [-0.4, -0.2) is 60.1 Å². The molecule has 9 nitrogen and oxygen atoms in total. The number of carbonyl (C=O) groups is 4. The van der Waals surface area contributed by atoms with Crippen LogP contribution in [0.15, 0.2) is 12.7 Å². The average Bonchev–Trinajstić information content (AvgIpc) is 2.89. The number of amides is 3. The fraction of sp³-hybridized carbons (Fsp3) is 0.778. The van der Waals surface area contributed by atoms with Crippen molar-refractivity contribution in [3.63, 3.8) is 0 Å². The number of ether oxygens (including phenoxy) is 1. The summed E-state index contributed by atoms with van der Waals surface area (Å²) in [6.45, 7) is 8.95. The van der Waals surface area contributed by atoms with E-state index in [1.54, 1.807) is 0 Å². The summed E-state index contributed by atoms with van der Waals surface area (Å²) < 4.78 is 4.81. The molecule has 4 atom stereocenters. The van der Waals surface area contributed by atoms with Crippen LogP contribution in [0.5, 0.6) is 0 Å². The first-order valence-corrected chi connectivity index (χ1v) is 13.6. The second-order valence-electron chi connectivity index (χ2n) is 9.78. The molecule has 0 saturated heterocycles. The van der Waals surface area contributed by atoms with Gasteiger partial charge in [-0.05, 0) is 31.6 Å². The molecule has 206 valence electrons. The highest BCUT2D eigenvalue weighted by Crippen LogP contribution is 2.30. The van der Waals surface area contributed by atoms with Gasteiger partial charge in [-0.1, -0.05) is 78.4 Å². The van der Waals surface area contributed by atoms with Crippen LogP contribution >= 0.6 is 0 Å². The topological polar surface area (TPSA) is 134 Å². The molecule has 0 aromatic rings. The van der Waals surface area contributed by atoms with Crippen molar-refractivity contribution >= 4 is 23.7 Å². The van der Waals surface area contributed by atoms with Crippen molar-refractivity contribution in [2.75, 3.05) is 13.2 Å². The standard InChI is InChI=1S/C27H47N3O6/c1-5-8-10-16-22(30-25(33)19(4)20-14-11-9-12-15-20)26(34)29-21(13-6-2)24(32)27(35)28-18-23(31)36-17-7-3/h7,19-22,24,32H,3,5-6,8-18H2,1-2,4H3,(H,28,35)(H,29,34)(H,30,33). The molecule has 0 aliphatic heterocycles. The van der Waals surface area contributed by atoms with Gasteiger partial charge >= 0.3 is 5.97 Å². The minimum Gasteiger partial charge on any atom is -0.460 e. The van der Waals surface area contributed by atoms with E-state index >= 15 is 0 Å². The van der Waals surface area contributed by atoms with Gasteiger partial charge in [0.1, 0.15) is 19.2 Å². The van der Waals surface area contributed by atoms with Crippen molar-refractivity contribution in [1.82, 2.24) is 16.0 Å². The van der Waals surface area contributed by atoms with E-state index in [2.05, 4.69) is 29.5 Å². The van der Waals surface area contributed by atoms with Gasteiger partial charge in [0, 0.05) is 5.92 Å². The molecule has 3 amide bonds. The number of hydrogen-bond donors (Lipinski definition) is 4. The Kier molecular flexibility index (Phi) is 15.7. The van der Waals surface area contributed by atoms with Crippen molar-refractivity contribution < 1.29 is 29.0 Å². The molecule has 0 spiro atoms. The van der Waals surface area contributed by atoms with Crippen LogP contribution in [0.3, 0.4) is 0 Å². The molecule has 1 aliphatic carbocycles. The molecule has 4 N–H and O–H groups in total. The highest BCUT2D eigenvalue weighted by molar-refractivity contribution is 5.90. The molecule has 36 heavy (non-hydrogen) atoms. The van der Waals surface area contributed by atoms with E-state index in [1.165, 1.54) is 12.5 Å².